The van der Waals surface area contributed by atoms with E-state index in [9.17, 15) is 0 Å². The fourth-order valence-electron chi connectivity index (χ4n) is 2.30. The normalized spacial score (nSPS) is 22.5. The van der Waals surface area contributed by atoms with Crippen LogP contribution < -0.4 is 5.32 Å². The first kappa shape index (κ1) is 11.6. The second kappa shape index (κ2) is 5.46. The van der Waals surface area contributed by atoms with Gasteiger partial charge in [-0.05, 0) is 25.8 Å². The van der Waals surface area contributed by atoms with Crippen molar-refractivity contribution in [3.63, 3.8) is 0 Å². The lowest BCUT2D eigenvalue weighted by molar-refractivity contribution is 0.0947. The molecule has 2 rings (SSSR count). The molecular weight excluding hydrogens is 202 g/mol. The number of aryl methyl sites for hydroxylation is 1. The average Bonchev–Trinajstić information content (AvgIpc) is 2.88. The number of nitrogens with one attached hydrogen (secondary N) is 1. The van der Waals surface area contributed by atoms with E-state index in [1.54, 1.807) is 0 Å². The Labute approximate surface area is 97.0 Å². The Kier molecular flexibility index (Phi) is 3.96. The first-order chi connectivity index (χ1) is 7.79. The van der Waals surface area contributed by atoms with Crippen molar-refractivity contribution in [3.05, 3.63) is 18.0 Å². The van der Waals surface area contributed by atoms with Crippen molar-refractivity contribution in [3.8, 4) is 0 Å². The predicted molar refractivity (Wildman–Crippen MR) is 63.2 cm³/mol. The first-order valence-electron chi connectivity index (χ1n) is 6.13. The molecule has 1 saturated heterocycles. The molecule has 90 valence electrons. The van der Waals surface area contributed by atoms with Crippen molar-refractivity contribution in [2.75, 3.05) is 13.2 Å². The van der Waals surface area contributed by atoms with Gasteiger partial charge >= 0.3 is 0 Å². The molecule has 1 aromatic rings. The molecule has 1 aliphatic heterocycles. The van der Waals surface area contributed by atoms with Crippen LogP contribution in [0.1, 0.15) is 37.8 Å². The maximum Gasteiger partial charge on any atom is 0.0594 e. The molecule has 0 spiro atoms. The third-order valence-corrected chi connectivity index (χ3v) is 3.10. The third kappa shape index (κ3) is 2.83. The van der Waals surface area contributed by atoms with Crippen LogP contribution in [0.3, 0.4) is 0 Å². The number of ether oxygens (including phenoxy) is 1. The van der Waals surface area contributed by atoms with Gasteiger partial charge in [0.15, 0.2) is 0 Å². The van der Waals surface area contributed by atoms with Crippen LogP contribution in [0.25, 0.3) is 0 Å². The molecule has 1 N–H and O–H groups in total. The number of aromatic nitrogens is 2. The van der Waals surface area contributed by atoms with E-state index in [4.69, 9.17) is 4.74 Å². The number of hydrogen-bond acceptors (Lipinski definition) is 3. The van der Waals surface area contributed by atoms with Gasteiger partial charge < -0.3 is 10.1 Å². The van der Waals surface area contributed by atoms with Crippen molar-refractivity contribution >= 4 is 0 Å². The Hall–Kier alpha value is -0.870. The summed E-state index contributed by atoms with van der Waals surface area (Å²) < 4.78 is 7.55. The lowest BCUT2D eigenvalue weighted by Gasteiger charge is -2.19. The van der Waals surface area contributed by atoms with Gasteiger partial charge in [0, 0.05) is 31.5 Å². The van der Waals surface area contributed by atoms with Crippen LogP contribution in [0.5, 0.6) is 0 Å². The van der Waals surface area contributed by atoms with Crippen LogP contribution in [0.4, 0.5) is 0 Å². The molecule has 16 heavy (non-hydrogen) atoms. The van der Waals surface area contributed by atoms with E-state index in [2.05, 4.69) is 23.5 Å². The minimum atomic E-state index is 0.377. The maximum atomic E-state index is 5.69. The van der Waals surface area contributed by atoms with Crippen LogP contribution in [-0.2, 0) is 11.8 Å². The van der Waals surface area contributed by atoms with Gasteiger partial charge in [0.25, 0.3) is 0 Å². The van der Waals surface area contributed by atoms with Gasteiger partial charge in [-0.1, -0.05) is 6.92 Å². The van der Waals surface area contributed by atoms with Crippen LogP contribution in [-0.4, -0.2) is 29.0 Å². The second-order valence-electron chi connectivity index (χ2n) is 4.43. The van der Waals surface area contributed by atoms with Crippen LogP contribution in [0, 0.1) is 0 Å². The van der Waals surface area contributed by atoms with Gasteiger partial charge in [0.2, 0.25) is 0 Å². The Morgan fingerprint density at radius 1 is 1.69 bits per heavy atom. The zero-order chi connectivity index (χ0) is 11.4. The molecule has 0 amide bonds. The summed E-state index contributed by atoms with van der Waals surface area (Å²) in [5.41, 5.74) is 1.26. The van der Waals surface area contributed by atoms with E-state index in [1.165, 1.54) is 18.4 Å². The molecule has 0 bridgehead atoms. The molecule has 1 fully saturated rings. The Morgan fingerprint density at radius 2 is 2.56 bits per heavy atom. The smallest absolute Gasteiger partial charge is 0.0594 e. The van der Waals surface area contributed by atoms with Gasteiger partial charge in [-0.25, -0.2) is 0 Å². The fourth-order valence-corrected chi connectivity index (χ4v) is 2.30. The minimum Gasteiger partial charge on any atom is -0.378 e. The van der Waals surface area contributed by atoms with E-state index < -0.39 is 0 Å². The third-order valence-electron chi connectivity index (χ3n) is 3.10. The summed E-state index contributed by atoms with van der Waals surface area (Å²) in [6, 6.07) is 0.377. The summed E-state index contributed by atoms with van der Waals surface area (Å²) >= 11 is 0. The molecule has 2 atom stereocenters. The van der Waals surface area contributed by atoms with Crippen LogP contribution in [0.2, 0.25) is 0 Å². The Balaban J connectivity index is 1.98. The van der Waals surface area contributed by atoms with E-state index in [0.29, 0.717) is 12.1 Å². The molecule has 4 heteroatoms. The standard InChI is InChI=1S/C12H21N3O/c1-3-13-12(7-11-5-4-6-16-11)10-8-14-15(2)9-10/h8-9,11-13H,3-7H2,1-2H3. The van der Waals surface area contributed by atoms with E-state index in [-0.39, 0.29) is 0 Å². The molecule has 0 radical (unpaired) electrons. The summed E-state index contributed by atoms with van der Waals surface area (Å²) in [5.74, 6) is 0. The molecule has 4 nitrogen and oxygen atoms in total. The average molecular weight is 223 g/mol. The largest absolute Gasteiger partial charge is 0.378 e. The molecule has 0 aromatic carbocycles. The van der Waals surface area contributed by atoms with Crippen molar-refractivity contribution in [2.24, 2.45) is 7.05 Å². The zero-order valence-corrected chi connectivity index (χ0v) is 10.1. The summed E-state index contributed by atoms with van der Waals surface area (Å²) in [7, 11) is 1.96. The summed E-state index contributed by atoms with van der Waals surface area (Å²) in [5, 5.41) is 7.74. The minimum absolute atomic E-state index is 0.377. The summed E-state index contributed by atoms with van der Waals surface area (Å²) in [4.78, 5) is 0. The molecule has 1 aromatic heterocycles. The molecule has 2 heterocycles. The monoisotopic (exact) mass is 223 g/mol. The van der Waals surface area contributed by atoms with Crippen molar-refractivity contribution in [2.45, 2.75) is 38.3 Å². The highest BCUT2D eigenvalue weighted by atomic mass is 16.5. The van der Waals surface area contributed by atoms with Crippen molar-refractivity contribution in [1.29, 1.82) is 0 Å². The summed E-state index contributed by atoms with van der Waals surface area (Å²) in [6.45, 7) is 4.04. The molecule has 0 aliphatic carbocycles. The maximum absolute atomic E-state index is 5.69. The van der Waals surface area contributed by atoms with E-state index >= 15 is 0 Å². The van der Waals surface area contributed by atoms with E-state index in [0.717, 1.165) is 19.6 Å². The predicted octanol–water partition coefficient (Wildman–Crippen LogP) is 1.64. The number of rotatable bonds is 5. The zero-order valence-electron chi connectivity index (χ0n) is 10.1. The topological polar surface area (TPSA) is 39.1 Å². The fraction of sp³-hybridized carbons (Fsp3) is 0.750. The lowest BCUT2D eigenvalue weighted by atomic mass is 10.0. The molecular formula is C12H21N3O. The highest BCUT2D eigenvalue weighted by Crippen LogP contribution is 2.24. The number of nitrogens with zero attached hydrogens (tertiary/aromatic N) is 2. The van der Waals surface area contributed by atoms with Gasteiger partial charge in [-0.15, -0.1) is 0 Å². The van der Waals surface area contributed by atoms with Gasteiger partial charge in [-0.3, -0.25) is 4.68 Å². The Bertz CT molecular complexity index is 318. The van der Waals surface area contributed by atoms with Crippen molar-refractivity contribution in [1.82, 2.24) is 15.1 Å². The van der Waals surface area contributed by atoms with Gasteiger partial charge in [-0.2, -0.15) is 5.10 Å². The van der Waals surface area contributed by atoms with Crippen LogP contribution >= 0.6 is 0 Å². The Morgan fingerprint density at radius 3 is 3.12 bits per heavy atom. The van der Waals surface area contributed by atoms with Crippen LogP contribution in [0.15, 0.2) is 12.4 Å². The highest BCUT2D eigenvalue weighted by Gasteiger charge is 2.22. The first-order valence-corrected chi connectivity index (χ1v) is 6.13. The van der Waals surface area contributed by atoms with Crippen molar-refractivity contribution < 1.29 is 4.74 Å². The second-order valence-corrected chi connectivity index (χ2v) is 4.43. The number of hydrogen-bond donors (Lipinski definition) is 1. The quantitative estimate of drug-likeness (QED) is 0.825. The lowest BCUT2D eigenvalue weighted by Crippen LogP contribution is -2.25. The van der Waals surface area contributed by atoms with Gasteiger partial charge in [0.05, 0.1) is 12.3 Å². The molecule has 1 aliphatic rings. The molecule has 2 unspecified atom stereocenters. The molecule has 0 saturated carbocycles. The SMILES string of the molecule is CCNC(CC1CCCO1)c1cnn(C)c1. The van der Waals surface area contributed by atoms with Gasteiger partial charge in [0.1, 0.15) is 0 Å². The highest BCUT2D eigenvalue weighted by molar-refractivity contribution is 5.10. The van der Waals surface area contributed by atoms with E-state index in [1.807, 2.05) is 17.9 Å². The summed E-state index contributed by atoms with van der Waals surface area (Å²) in [6.07, 6.45) is 7.91.